The monoisotopic (exact) mass is 407 g/mol. The van der Waals surface area contributed by atoms with Crippen LogP contribution in [0.2, 0.25) is 0 Å². The van der Waals surface area contributed by atoms with Gasteiger partial charge >= 0.3 is 0 Å². The van der Waals surface area contributed by atoms with Crippen molar-refractivity contribution in [1.29, 1.82) is 0 Å². The Bertz CT molecular complexity index is 426. The Hall–Kier alpha value is 0.290. The summed E-state index contributed by atoms with van der Waals surface area (Å²) in [6, 6.07) is 4.25. The van der Waals surface area contributed by atoms with Gasteiger partial charge in [-0.2, -0.15) is 11.8 Å². The molecule has 0 aromatic heterocycles. The Kier molecular flexibility index (Phi) is 5.64. The van der Waals surface area contributed by atoms with E-state index in [0.29, 0.717) is 11.4 Å². The van der Waals surface area contributed by atoms with E-state index in [1.54, 1.807) is 0 Å². The molecule has 1 saturated carbocycles. The first-order valence-electron chi connectivity index (χ1n) is 6.47. The first kappa shape index (κ1) is 15.7. The zero-order valence-electron chi connectivity index (χ0n) is 11.3. The molecule has 106 valence electrons. The molecule has 5 heteroatoms. The van der Waals surface area contributed by atoms with Gasteiger partial charge in [0.15, 0.2) is 0 Å². The number of ether oxygens (including phenoxy) is 1. The van der Waals surface area contributed by atoms with Crippen molar-refractivity contribution in [2.45, 2.75) is 31.1 Å². The lowest BCUT2D eigenvalue weighted by molar-refractivity contribution is 0.336. The number of benzene rings is 1. The predicted octanol–water partition coefficient (Wildman–Crippen LogP) is 4.60. The second-order valence-electron chi connectivity index (χ2n) is 4.81. The Morgan fingerprint density at radius 1 is 1.32 bits per heavy atom. The van der Waals surface area contributed by atoms with Crippen LogP contribution >= 0.6 is 43.6 Å². The molecule has 1 aliphatic carbocycles. The molecule has 1 aromatic carbocycles. The molecule has 0 atom stereocenters. The molecular formula is C14H19Br2NOS. The van der Waals surface area contributed by atoms with Crippen LogP contribution in [0.5, 0.6) is 5.75 Å². The summed E-state index contributed by atoms with van der Waals surface area (Å²) in [5, 5.41) is 3.56. The number of rotatable bonds is 7. The average molecular weight is 409 g/mol. The second-order valence-corrected chi connectivity index (χ2v) is 7.80. The molecule has 1 aromatic rings. The smallest absolute Gasteiger partial charge is 0.147 e. The van der Waals surface area contributed by atoms with Gasteiger partial charge in [-0.3, -0.25) is 0 Å². The van der Waals surface area contributed by atoms with Crippen LogP contribution in [-0.2, 0) is 6.54 Å². The van der Waals surface area contributed by atoms with Gasteiger partial charge in [0.2, 0.25) is 0 Å². The van der Waals surface area contributed by atoms with Crippen molar-refractivity contribution in [3.63, 3.8) is 0 Å². The fraction of sp³-hybridized carbons (Fsp3) is 0.571. The van der Waals surface area contributed by atoms with Crippen LogP contribution in [-0.4, -0.2) is 24.2 Å². The van der Waals surface area contributed by atoms with Crippen molar-refractivity contribution in [1.82, 2.24) is 5.32 Å². The van der Waals surface area contributed by atoms with Crippen molar-refractivity contribution in [3.05, 3.63) is 26.6 Å². The molecule has 1 aliphatic rings. The highest BCUT2D eigenvalue weighted by Crippen LogP contribution is 2.46. The molecule has 0 saturated heterocycles. The lowest BCUT2D eigenvalue weighted by Gasteiger charge is -2.14. The summed E-state index contributed by atoms with van der Waals surface area (Å²) in [6.07, 6.45) is 4.90. The maximum atomic E-state index is 5.59. The van der Waals surface area contributed by atoms with E-state index in [0.717, 1.165) is 27.8 Å². The lowest BCUT2D eigenvalue weighted by atomic mass is 10.2. The van der Waals surface area contributed by atoms with Gasteiger partial charge in [0, 0.05) is 17.8 Å². The molecule has 0 unspecified atom stereocenters. The Labute approximate surface area is 136 Å². The minimum Gasteiger partial charge on any atom is -0.492 e. The van der Waals surface area contributed by atoms with E-state index in [1.807, 2.05) is 18.7 Å². The Morgan fingerprint density at radius 2 is 1.95 bits per heavy atom. The van der Waals surface area contributed by atoms with E-state index in [4.69, 9.17) is 4.74 Å². The van der Waals surface area contributed by atoms with Crippen molar-refractivity contribution >= 4 is 43.6 Å². The summed E-state index contributed by atoms with van der Waals surface area (Å²) >= 11 is 9.13. The van der Waals surface area contributed by atoms with Gasteiger partial charge < -0.3 is 10.1 Å². The molecule has 0 spiro atoms. The third kappa shape index (κ3) is 4.13. The third-order valence-corrected chi connectivity index (χ3v) is 5.96. The van der Waals surface area contributed by atoms with Crippen LogP contribution in [0.25, 0.3) is 0 Å². The van der Waals surface area contributed by atoms with E-state index in [9.17, 15) is 0 Å². The molecule has 0 amide bonds. The standard InChI is InChI=1S/C14H19Br2NOS/c1-3-18-13-11(15)6-10(7-12(13)16)8-17-9-14(19-2)4-5-14/h6-7,17H,3-5,8-9H2,1-2H3. The summed E-state index contributed by atoms with van der Waals surface area (Å²) in [6.45, 7) is 4.65. The fourth-order valence-electron chi connectivity index (χ4n) is 2.02. The predicted molar refractivity (Wildman–Crippen MR) is 90.2 cm³/mol. The summed E-state index contributed by atoms with van der Waals surface area (Å²) in [7, 11) is 0. The van der Waals surface area contributed by atoms with E-state index >= 15 is 0 Å². The largest absolute Gasteiger partial charge is 0.492 e. The van der Waals surface area contributed by atoms with Crippen LogP contribution < -0.4 is 10.1 Å². The number of hydrogen-bond donors (Lipinski definition) is 1. The average Bonchev–Trinajstić information content (AvgIpc) is 3.14. The number of hydrogen-bond acceptors (Lipinski definition) is 3. The third-order valence-electron chi connectivity index (χ3n) is 3.36. The van der Waals surface area contributed by atoms with Crippen LogP contribution in [0, 0.1) is 0 Å². The van der Waals surface area contributed by atoms with Gasteiger partial charge in [-0.25, -0.2) is 0 Å². The molecular weight excluding hydrogens is 390 g/mol. The minimum absolute atomic E-state index is 0.514. The normalized spacial score (nSPS) is 16.4. The van der Waals surface area contributed by atoms with E-state index in [-0.39, 0.29) is 0 Å². The van der Waals surface area contributed by atoms with Crippen molar-refractivity contribution in [3.8, 4) is 5.75 Å². The highest BCUT2D eigenvalue weighted by atomic mass is 79.9. The van der Waals surface area contributed by atoms with Crippen molar-refractivity contribution < 1.29 is 4.74 Å². The van der Waals surface area contributed by atoms with Gasteiger partial charge in [-0.05, 0) is 75.6 Å². The Balaban J connectivity index is 1.94. The zero-order valence-corrected chi connectivity index (χ0v) is 15.3. The lowest BCUT2D eigenvalue weighted by Crippen LogP contribution is -2.25. The summed E-state index contributed by atoms with van der Waals surface area (Å²) in [5.74, 6) is 0.883. The van der Waals surface area contributed by atoms with E-state index in [1.165, 1.54) is 18.4 Å². The highest BCUT2D eigenvalue weighted by Gasteiger charge is 2.41. The van der Waals surface area contributed by atoms with Crippen LogP contribution in [0.3, 0.4) is 0 Å². The van der Waals surface area contributed by atoms with Crippen molar-refractivity contribution in [2.24, 2.45) is 0 Å². The molecule has 0 radical (unpaired) electrons. The maximum absolute atomic E-state index is 5.59. The fourth-order valence-corrected chi connectivity index (χ4v) is 4.29. The molecule has 2 nitrogen and oxygen atoms in total. The molecule has 1 N–H and O–H groups in total. The first-order valence-corrected chi connectivity index (χ1v) is 9.28. The summed E-state index contributed by atoms with van der Waals surface area (Å²) < 4.78 is 8.12. The van der Waals surface area contributed by atoms with Crippen LogP contribution in [0.15, 0.2) is 21.1 Å². The topological polar surface area (TPSA) is 21.3 Å². The zero-order chi connectivity index (χ0) is 13.9. The van der Waals surface area contributed by atoms with E-state index < -0.39 is 0 Å². The maximum Gasteiger partial charge on any atom is 0.147 e. The summed E-state index contributed by atoms with van der Waals surface area (Å²) in [4.78, 5) is 0. The number of halogens is 2. The number of thioether (sulfide) groups is 1. The minimum atomic E-state index is 0.514. The molecule has 19 heavy (non-hydrogen) atoms. The summed E-state index contributed by atoms with van der Waals surface area (Å²) in [5.41, 5.74) is 1.26. The molecule has 0 aliphatic heterocycles. The highest BCUT2D eigenvalue weighted by molar-refractivity contribution is 9.11. The quantitative estimate of drug-likeness (QED) is 0.712. The van der Waals surface area contributed by atoms with E-state index in [2.05, 4.69) is 55.6 Å². The SMILES string of the molecule is CCOc1c(Br)cc(CNCC2(SC)CC2)cc1Br. The molecule has 2 rings (SSSR count). The molecule has 0 heterocycles. The first-order chi connectivity index (χ1) is 9.10. The second kappa shape index (κ2) is 6.83. The van der Waals surface area contributed by atoms with Crippen molar-refractivity contribution in [2.75, 3.05) is 19.4 Å². The molecule has 1 fully saturated rings. The van der Waals surface area contributed by atoms with Crippen LogP contribution in [0.4, 0.5) is 0 Å². The Morgan fingerprint density at radius 3 is 2.42 bits per heavy atom. The molecule has 0 bridgehead atoms. The van der Waals surface area contributed by atoms with Crippen LogP contribution in [0.1, 0.15) is 25.3 Å². The number of nitrogens with one attached hydrogen (secondary N) is 1. The van der Waals surface area contributed by atoms with Gasteiger partial charge in [-0.15, -0.1) is 0 Å². The van der Waals surface area contributed by atoms with Gasteiger partial charge in [0.25, 0.3) is 0 Å². The van der Waals surface area contributed by atoms with Gasteiger partial charge in [0.1, 0.15) is 5.75 Å². The van der Waals surface area contributed by atoms with Gasteiger partial charge in [-0.1, -0.05) is 0 Å². The van der Waals surface area contributed by atoms with Gasteiger partial charge in [0.05, 0.1) is 15.6 Å².